The Bertz CT molecular complexity index is 797. The zero-order valence-corrected chi connectivity index (χ0v) is 13.1. The number of rotatable bonds is 5. The lowest BCUT2D eigenvalue weighted by Crippen LogP contribution is -2.04. The number of imidazole rings is 1. The van der Waals surface area contributed by atoms with Crippen molar-refractivity contribution in [1.29, 1.82) is 0 Å². The van der Waals surface area contributed by atoms with Crippen molar-refractivity contribution in [3.05, 3.63) is 47.6 Å². The third kappa shape index (κ3) is 3.20. The van der Waals surface area contributed by atoms with Crippen molar-refractivity contribution in [2.24, 2.45) is 7.05 Å². The van der Waals surface area contributed by atoms with Gasteiger partial charge in [0.2, 0.25) is 11.7 Å². The van der Waals surface area contributed by atoms with Crippen molar-refractivity contribution in [3.63, 3.8) is 0 Å². The number of aromatic nitrogens is 4. The Kier molecular flexibility index (Phi) is 4.26. The molecule has 0 radical (unpaired) electrons. The fourth-order valence-electron chi connectivity index (χ4n) is 1.73. The van der Waals surface area contributed by atoms with Gasteiger partial charge in [-0.15, -0.1) is 10.2 Å². The molecule has 1 aromatic carbocycles. The van der Waals surface area contributed by atoms with E-state index in [4.69, 9.17) is 16.0 Å². The van der Waals surface area contributed by atoms with Gasteiger partial charge in [-0.05, 0) is 24.3 Å². The van der Waals surface area contributed by atoms with Gasteiger partial charge >= 0.3 is 0 Å². The fourth-order valence-corrected chi connectivity index (χ4v) is 2.64. The molecular formula is C14H11ClN4O2S. The fraction of sp³-hybridized carbons (Fsp3) is 0.143. The maximum Gasteiger partial charge on any atom is 0.285 e. The molecule has 0 aliphatic rings. The smallest absolute Gasteiger partial charge is 0.285 e. The van der Waals surface area contributed by atoms with Gasteiger partial charge in [-0.1, -0.05) is 23.4 Å². The van der Waals surface area contributed by atoms with Crippen LogP contribution in [0.15, 0.2) is 46.2 Å². The number of aryl methyl sites for hydroxylation is 1. The van der Waals surface area contributed by atoms with Crippen molar-refractivity contribution in [3.8, 4) is 11.5 Å². The van der Waals surface area contributed by atoms with Crippen LogP contribution in [-0.4, -0.2) is 31.3 Å². The largest absolute Gasteiger partial charge is 0.414 e. The average molecular weight is 335 g/mol. The van der Waals surface area contributed by atoms with E-state index in [2.05, 4.69) is 15.2 Å². The van der Waals surface area contributed by atoms with Crippen LogP contribution < -0.4 is 0 Å². The number of carbonyl (C=O) groups excluding carboxylic acids is 1. The molecule has 2 aromatic heterocycles. The first-order valence-corrected chi connectivity index (χ1v) is 7.72. The first kappa shape index (κ1) is 14.8. The van der Waals surface area contributed by atoms with Gasteiger partial charge in [0.15, 0.2) is 5.16 Å². The van der Waals surface area contributed by atoms with Gasteiger partial charge in [-0.25, -0.2) is 4.98 Å². The molecule has 3 rings (SSSR count). The van der Waals surface area contributed by atoms with Crippen molar-refractivity contribution >= 4 is 29.1 Å². The second-order valence-electron chi connectivity index (χ2n) is 4.45. The summed E-state index contributed by atoms with van der Waals surface area (Å²) in [7, 11) is 1.87. The Balaban J connectivity index is 1.69. The average Bonchev–Trinajstić information content (AvgIpc) is 3.15. The van der Waals surface area contributed by atoms with E-state index in [0.29, 0.717) is 16.5 Å². The van der Waals surface area contributed by atoms with Crippen molar-refractivity contribution < 1.29 is 9.21 Å². The van der Waals surface area contributed by atoms with Crippen LogP contribution in [0.4, 0.5) is 0 Å². The Morgan fingerprint density at radius 3 is 2.77 bits per heavy atom. The van der Waals surface area contributed by atoms with E-state index in [-0.39, 0.29) is 17.4 Å². The van der Waals surface area contributed by atoms with Gasteiger partial charge in [0.05, 0.1) is 5.75 Å². The number of ketones is 1. The summed E-state index contributed by atoms with van der Waals surface area (Å²) in [6, 6.07) is 6.96. The standard InChI is InChI=1S/C14H11ClN4O2S/c1-19-7-6-16-14(19)22-8-11(20)13-18-17-12(21-13)9-2-4-10(15)5-3-9/h2-7H,8H2,1H3. The van der Waals surface area contributed by atoms with E-state index in [1.54, 1.807) is 30.5 Å². The van der Waals surface area contributed by atoms with E-state index in [9.17, 15) is 4.79 Å². The highest BCUT2D eigenvalue weighted by Crippen LogP contribution is 2.21. The predicted molar refractivity (Wildman–Crippen MR) is 83.0 cm³/mol. The molecule has 0 unspecified atom stereocenters. The van der Waals surface area contributed by atoms with Crippen LogP contribution in [0.1, 0.15) is 10.7 Å². The maximum atomic E-state index is 12.1. The minimum atomic E-state index is -0.235. The molecule has 0 N–H and O–H groups in total. The van der Waals surface area contributed by atoms with Gasteiger partial charge in [-0.2, -0.15) is 0 Å². The molecular weight excluding hydrogens is 324 g/mol. The minimum absolute atomic E-state index is 0.00772. The number of benzene rings is 1. The van der Waals surface area contributed by atoms with Crippen LogP contribution in [0.25, 0.3) is 11.5 Å². The molecule has 0 amide bonds. The molecule has 2 heterocycles. The molecule has 0 saturated carbocycles. The lowest BCUT2D eigenvalue weighted by atomic mass is 10.2. The van der Waals surface area contributed by atoms with Crippen LogP contribution in [0, 0.1) is 0 Å². The van der Waals surface area contributed by atoms with E-state index in [0.717, 1.165) is 5.16 Å². The molecule has 0 bridgehead atoms. The molecule has 0 saturated heterocycles. The molecule has 0 fully saturated rings. The molecule has 0 atom stereocenters. The van der Waals surface area contributed by atoms with Crippen LogP contribution >= 0.6 is 23.4 Å². The topological polar surface area (TPSA) is 73.8 Å². The normalized spacial score (nSPS) is 10.8. The summed E-state index contributed by atoms with van der Waals surface area (Å²) >= 11 is 7.15. The first-order chi connectivity index (χ1) is 10.6. The summed E-state index contributed by atoms with van der Waals surface area (Å²) in [6.45, 7) is 0. The van der Waals surface area contributed by atoms with E-state index in [1.165, 1.54) is 11.8 Å². The predicted octanol–water partition coefficient (Wildman–Crippen LogP) is 3.10. The van der Waals surface area contributed by atoms with Crippen LogP contribution in [0.3, 0.4) is 0 Å². The highest BCUT2D eigenvalue weighted by atomic mass is 35.5. The Morgan fingerprint density at radius 2 is 2.09 bits per heavy atom. The van der Waals surface area contributed by atoms with Gasteiger partial charge in [0.1, 0.15) is 0 Å². The Hall–Kier alpha value is -2.12. The van der Waals surface area contributed by atoms with Gasteiger partial charge in [-0.3, -0.25) is 4.79 Å². The number of Topliss-reactive ketones (excluding diaryl/α,β-unsaturated/α-hetero) is 1. The van der Waals surface area contributed by atoms with E-state index < -0.39 is 0 Å². The maximum absolute atomic E-state index is 12.1. The van der Waals surface area contributed by atoms with Crippen LogP contribution in [-0.2, 0) is 7.05 Å². The molecule has 0 aliphatic carbocycles. The number of nitrogens with zero attached hydrogens (tertiary/aromatic N) is 4. The summed E-state index contributed by atoms with van der Waals surface area (Å²) in [5.74, 6) is 0.238. The zero-order chi connectivity index (χ0) is 15.5. The lowest BCUT2D eigenvalue weighted by Gasteiger charge is -1.98. The number of halogens is 1. The number of thioether (sulfide) groups is 1. The third-order valence-electron chi connectivity index (χ3n) is 2.86. The van der Waals surface area contributed by atoms with Gasteiger partial charge in [0.25, 0.3) is 5.89 Å². The summed E-state index contributed by atoms with van der Waals surface area (Å²) in [4.78, 5) is 16.2. The van der Waals surface area contributed by atoms with E-state index >= 15 is 0 Å². The molecule has 112 valence electrons. The minimum Gasteiger partial charge on any atom is -0.414 e. The summed E-state index contributed by atoms with van der Waals surface area (Å²) in [5.41, 5.74) is 0.715. The highest BCUT2D eigenvalue weighted by Gasteiger charge is 2.17. The molecule has 6 nitrogen and oxygen atoms in total. The van der Waals surface area contributed by atoms with Crippen molar-refractivity contribution in [2.45, 2.75) is 5.16 Å². The summed E-state index contributed by atoms with van der Waals surface area (Å²) < 4.78 is 7.25. The van der Waals surface area contributed by atoms with Crippen molar-refractivity contribution in [2.75, 3.05) is 5.75 Å². The van der Waals surface area contributed by atoms with Crippen molar-refractivity contribution in [1.82, 2.24) is 19.7 Å². The molecule has 3 aromatic rings. The number of carbonyl (C=O) groups is 1. The summed E-state index contributed by atoms with van der Waals surface area (Å²) in [6.07, 6.45) is 3.50. The zero-order valence-electron chi connectivity index (χ0n) is 11.6. The first-order valence-electron chi connectivity index (χ1n) is 6.36. The summed E-state index contributed by atoms with van der Waals surface area (Å²) in [5, 5.41) is 9.06. The Labute approximate surface area is 135 Å². The molecule has 8 heteroatoms. The van der Waals surface area contributed by atoms with Crippen LogP contribution in [0.2, 0.25) is 5.02 Å². The van der Waals surface area contributed by atoms with Gasteiger partial charge < -0.3 is 8.98 Å². The monoisotopic (exact) mass is 334 g/mol. The quantitative estimate of drug-likeness (QED) is 0.527. The lowest BCUT2D eigenvalue weighted by molar-refractivity contribution is 0.0986. The number of hydrogen-bond acceptors (Lipinski definition) is 6. The number of hydrogen-bond donors (Lipinski definition) is 0. The Morgan fingerprint density at radius 1 is 1.32 bits per heavy atom. The van der Waals surface area contributed by atoms with Crippen LogP contribution in [0.5, 0.6) is 0 Å². The molecule has 0 aliphatic heterocycles. The third-order valence-corrected chi connectivity index (χ3v) is 4.17. The SMILES string of the molecule is Cn1ccnc1SCC(=O)c1nnc(-c2ccc(Cl)cc2)o1. The van der Waals surface area contributed by atoms with E-state index in [1.807, 2.05) is 17.8 Å². The molecule has 22 heavy (non-hydrogen) atoms. The second-order valence-corrected chi connectivity index (χ2v) is 5.83. The molecule has 0 spiro atoms. The second kappa shape index (κ2) is 6.33. The van der Waals surface area contributed by atoms with Gasteiger partial charge in [0, 0.05) is 30.0 Å². The highest BCUT2D eigenvalue weighted by molar-refractivity contribution is 7.99.